The summed E-state index contributed by atoms with van der Waals surface area (Å²) in [6.07, 6.45) is 20.3. The van der Waals surface area contributed by atoms with Gasteiger partial charge in [-0.25, -0.2) is 50.3 Å². The molecule has 30 nitrogen and oxygen atoms in total. The molecule has 36 heteroatoms. The third-order valence-corrected chi connectivity index (χ3v) is 35.3. The summed E-state index contributed by atoms with van der Waals surface area (Å²) in [6, 6.07) is 9.09. The van der Waals surface area contributed by atoms with Gasteiger partial charge < -0.3 is 50.9 Å². The fourth-order valence-electron chi connectivity index (χ4n) is 28.4. The van der Waals surface area contributed by atoms with Crippen LogP contribution in [0.15, 0.2) is 115 Å². The molecule has 21 rings (SSSR count). The van der Waals surface area contributed by atoms with E-state index in [-0.39, 0.29) is 137 Å². The molecule has 142 heavy (non-hydrogen) atoms. The number of piperidine rings is 2. The Balaban J connectivity index is 0.000000135. The minimum absolute atomic E-state index is 0.00457. The number of alkyl halides is 4. The Morgan fingerprint density at radius 2 is 1.06 bits per heavy atom. The highest BCUT2D eigenvalue weighted by molar-refractivity contribution is 5.93. The maximum atomic E-state index is 17.0. The molecule has 27 atom stereocenters. The number of carbonyl (C=O) groups is 5. The molecule has 4 saturated carbocycles. The predicted octanol–water partition coefficient (Wildman–Crippen LogP) is 13.7. The summed E-state index contributed by atoms with van der Waals surface area (Å²) in [7, 11) is 0. The van der Waals surface area contributed by atoms with Crippen molar-refractivity contribution in [1.29, 1.82) is 0 Å². The first-order valence-corrected chi connectivity index (χ1v) is 53.1. The van der Waals surface area contributed by atoms with Crippen LogP contribution in [-0.2, 0) is 27.3 Å². The van der Waals surface area contributed by atoms with Crippen molar-refractivity contribution in [2.24, 2.45) is 59.2 Å². The number of aromatic nitrogens is 6. The van der Waals surface area contributed by atoms with Crippen molar-refractivity contribution >= 4 is 46.6 Å². The topological polar surface area (TPSA) is 292 Å². The number of hydrogen-bond acceptors (Lipinski definition) is 21. The quantitative estimate of drug-likeness (QED) is 0.0502. The summed E-state index contributed by atoms with van der Waals surface area (Å²) in [5.74, 6) is -1.13. The standard InChI is InChI=1S/C36H58F2N8O2.C35H56F2N8O2.C35H34F2N8O2/c1-6-30(47)43-17-22(5)44(18-21(43)4)34-26-16-28(38)32-31-27(37)14-9-15-29(31)45-19-24(41-42-45)12-7-10-23-11-8-13-25(20(2)3)33(23)46(35(26)39-32)36(48)40-34;1-6-29(46)42-16-21(5)43(17-20(42)4)33-25-15-27(37)31-30-26(36)11-8-12-28(30)44-18-23(40-41-44)14-13-22-9-7-10-24(19(2)3)32(22)45(34(25)38-31)35(47)39-33;1-5-29(46)42-15-16-44(21(4)18-42)33-25-17-27(37)31-30-24(12-7-13-26(30)36)28-19-43(41-40-28)14-8-10-22-9-6-11-23(20(2)3)32(22)45(34(25)38-31)35(47)39-33/h6,19-23,25-29,31-35,39,41-42H,1,7-18H2,2-5H3,(H,40,48);6,18-22,24-28,30-34,38,40-41H,1,7-17H2,2-5H3,(H,39,47);5-7,9,11-13,17,19-21H,1,8,10,14-16,18H2,2-4H3/t21-,22+,23?,25?,26?,27?,28?,29?,31?,32?,33?,34?,35?;20-,21+,22?,24?,25?,26?,27?,28?,30?,31?,32?,33?,34?;21-/m110/s1. The third kappa shape index (κ3) is 19.0. The molecule has 11 fully saturated rings. The van der Waals surface area contributed by atoms with Crippen LogP contribution in [0.1, 0.15) is 222 Å². The lowest BCUT2D eigenvalue weighted by Gasteiger charge is -2.60. The van der Waals surface area contributed by atoms with Crippen LogP contribution in [-0.4, -0.2) is 265 Å². The average Bonchev–Trinajstić information content (AvgIpc) is 1.75. The van der Waals surface area contributed by atoms with E-state index in [0.29, 0.717) is 136 Å². The molecule has 8 N–H and O–H groups in total. The molecule has 5 aromatic rings. The fourth-order valence-corrected chi connectivity index (χ4v) is 28.4. The van der Waals surface area contributed by atoms with E-state index in [1.54, 1.807) is 21.8 Å². The van der Waals surface area contributed by atoms with Gasteiger partial charge in [0.1, 0.15) is 47.7 Å². The van der Waals surface area contributed by atoms with Gasteiger partial charge in [0.25, 0.3) is 0 Å². The van der Waals surface area contributed by atoms with Crippen molar-refractivity contribution in [3.8, 4) is 28.2 Å². The van der Waals surface area contributed by atoms with Crippen LogP contribution in [0, 0.1) is 70.8 Å². The van der Waals surface area contributed by atoms with E-state index in [0.717, 1.165) is 119 Å². The number of aryl methyl sites for hydroxylation is 2. The Kier molecular flexibility index (Phi) is 29.6. The zero-order chi connectivity index (χ0) is 100.0. The van der Waals surface area contributed by atoms with Crippen molar-refractivity contribution in [3.05, 3.63) is 144 Å². The number of para-hydroxylation sites is 1. The van der Waals surface area contributed by atoms with Crippen molar-refractivity contribution in [1.82, 2.24) is 117 Å². The van der Waals surface area contributed by atoms with Crippen LogP contribution < -0.4 is 53.8 Å². The summed E-state index contributed by atoms with van der Waals surface area (Å²) in [5, 5.41) is 27.2. The van der Waals surface area contributed by atoms with E-state index in [9.17, 15) is 28.8 Å². The number of hydrogen-bond donors (Lipinski definition) is 8. The van der Waals surface area contributed by atoms with Crippen LogP contribution in [0.4, 0.5) is 41.7 Å². The zero-order valence-corrected chi connectivity index (χ0v) is 84.3. The minimum atomic E-state index is -1.28. The molecule has 16 aliphatic rings. The van der Waals surface area contributed by atoms with E-state index in [1.165, 1.54) is 41.0 Å². The molecular weight excluding hydrogens is 1820 g/mol. The van der Waals surface area contributed by atoms with Gasteiger partial charge in [-0.1, -0.05) is 110 Å². The van der Waals surface area contributed by atoms with Gasteiger partial charge in [0.2, 0.25) is 17.7 Å². The van der Waals surface area contributed by atoms with E-state index < -0.39 is 90.6 Å². The first kappa shape index (κ1) is 101. The third-order valence-electron chi connectivity index (χ3n) is 35.3. The van der Waals surface area contributed by atoms with Gasteiger partial charge >= 0.3 is 17.8 Å². The van der Waals surface area contributed by atoms with Gasteiger partial charge in [-0.05, 0) is 240 Å². The Morgan fingerprint density at radius 1 is 0.528 bits per heavy atom. The molecule has 7 saturated heterocycles. The van der Waals surface area contributed by atoms with Gasteiger partial charge in [-0.2, -0.15) is 4.98 Å². The lowest BCUT2D eigenvalue weighted by molar-refractivity contribution is -0.137. The highest BCUT2D eigenvalue weighted by Crippen LogP contribution is 2.52. The van der Waals surface area contributed by atoms with Gasteiger partial charge in [-0.15, -0.1) is 16.2 Å². The molecule has 4 aliphatic carbocycles. The average molecular weight is 1970 g/mol. The summed E-state index contributed by atoms with van der Waals surface area (Å²) < 4.78 is 102. The van der Waals surface area contributed by atoms with Gasteiger partial charge in [0.15, 0.2) is 11.5 Å². The van der Waals surface area contributed by atoms with E-state index >= 15 is 26.3 Å². The molecule has 15 heterocycles. The summed E-state index contributed by atoms with van der Waals surface area (Å²) in [4.78, 5) is 107. The van der Waals surface area contributed by atoms with Gasteiger partial charge in [0, 0.05) is 165 Å². The Labute approximate surface area is 830 Å². The van der Waals surface area contributed by atoms with Gasteiger partial charge in [0.05, 0.1) is 54.0 Å². The molecule has 0 radical (unpaired) electrons. The first-order valence-electron chi connectivity index (χ1n) is 53.1. The number of rotatable bonds is 9. The molecular formula is C106H148F6N24O6. The number of nitrogens with zero attached hydrogens (tertiary/aromatic N) is 16. The van der Waals surface area contributed by atoms with Crippen LogP contribution in [0.2, 0.25) is 0 Å². The molecule has 12 bridgehead atoms. The molecule has 770 valence electrons. The van der Waals surface area contributed by atoms with Crippen molar-refractivity contribution < 1.29 is 50.3 Å². The number of allylic oxidation sites excluding steroid dienone is 2. The van der Waals surface area contributed by atoms with E-state index in [4.69, 9.17) is 4.98 Å². The van der Waals surface area contributed by atoms with Crippen molar-refractivity contribution in [2.45, 2.75) is 339 Å². The number of amides is 7. The second kappa shape index (κ2) is 41.8. The van der Waals surface area contributed by atoms with Crippen molar-refractivity contribution in [3.63, 3.8) is 0 Å². The summed E-state index contributed by atoms with van der Waals surface area (Å²) >= 11 is 0. The highest BCUT2D eigenvalue weighted by Gasteiger charge is 2.62. The van der Waals surface area contributed by atoms with Crippen LogP contribution in [0.3, 0.4) is 0 Å². The van der Waals surface area contributed by atoms with Crippen LogP contribution >= 0.6 is 0 Å². The summed E-state index contributed by atoms with van der Waals surface area (Å²) in [5.41, 5.74) is 17.8. The number of carbonyl (C=O) groups excluding carboxylic acids is 5. The van der Waals surface area contributed by atoms with E-state index in [2.05, 4.69) is 152 Å². The first-order chi connectivity index (χ1) is 68.3. The molecule has 3 aromatic heterocycles. The van der Waals surface area contributed by atoms with E-state index in [1.807, 2.05) is 77.5 Å². The normalized spacial score (nSPS) is 34.8. The maximum Gasteiger partial charge on any atom is 0.355 e. The second-order valence-corrected chi connectivity index (χ2v) is 44.7. The fraction of sp³-hybridized carbons (Fsp3) is 0.660. The number of halogens is 6. The number of urea groups is 2. The number of pyridine rings is 1. The zero-order valence-electron chi connectivity index (χ0n) is 84.3. The smallest absolute Gasteiger partial charge is 0.350 e. The van der Waals surface area contributed by atoms with Crippen LogP contribution in [0.5, 0.6) is 0 Å². The number of nitrogens with one attached hydrogen (secondary N) is 8. The minimum Gasteiger partial charge on any atom is -0.350 e. The molecule has 22 unspecified atom stereocenters. The second-order valence-electron chi connectivity index (χ2n) is 44.7. The monoisotopic (exact) mass is 1970 g/mol. The number of piperazine rings is 3. The Morgan fingerprint density at radius 3 is 1.61 bits per heavy atom. The molecule has 12 aliphatic heterocycles. The molecule has 7 amide bonds. The predicted molar refractivity (Wildman–Crippen MR) is 533 cm³/mol. The number of hydrazine groups is 4. The lowest BCUT2D eigenvalue weighted by atomic mass is 9.68. The number of benzene rings is 2. The Hall–Kier alpha value is -10.1. The number of fused-ring (bicyclic) bond motifs is 22. The largest absolute Gasteiger partial charge is 0.355 e. The number of anilines is 1. The lowest BCUT2D eigenvalue weighted by Crippen LogP contribution is -2.79. The molecule has 0 spiro atoms. The summed E-state index contributed by atoms with van der Waals surface area (Å²) in [6.45, 7) is 38.0. The SMILES string of the molecule is C=CC(=O)N1CCN(c2nc(=O)n3c4nc(c(F)cc24)-c2c(F)cccc2-c2cn(nn2)CCCc2cccc(C(C)C)c2-3)[C@@H](C)C1.C=CC(=O)N1C[C@H](C)N(C2NC(=O)N3C4NC(C(F)CC42)C2C(F)CCCC2N2C=C(CCC4CCCC(C(C)C)C43)NN2)C[C@H]1C.C=CC(=O)N1C[C@H](C)N(C2NC(=O)N3C4NC(C(F)CC42)C2C(F)CCCC2N2C=C(CCCC4CCCC(C(C)C)C43)NN2)C[C@H]1C. The highest BCUT2D eigenvalue weighted by atomic mass is 19.2. The molecule has 2 aromatic carbocycles. The maximum absolute atomic E-state index is 17.0. The van der Waals surface area contributed by atoms with Gasteiger partial charge in [-0.3, -0.25) is 49.5 Å². The van der Waals surface area contributed by atoms with Crippen molar-refractivity contribution in [2.75, 3.05) is 50.7 Å². The van der Waals surface area contributed by atoms with Crippen LogP contribution in [0.25, 0.3) is 39.2 Å². The Bertz CT molecular complexity index is 5640.